The zero-order valence-electron chi connectivity index (χ0n) is 18.4. The molecule has 0 aliphatic carbocycles. The summed E-state index contributed by atoms with van der Waals surface area (Å²) in [6.45, 7) is 9.17. The van der Waals surface area contributed by atoms with Crippen LogP contribution in [-0.4, -0.2) is 60.5 Å². The fourth-order valence-electron chi connectivity index (χ4n) is 2.21. The topological polar surface area (TPSA) is 138 Å². The highest BCUT2D eigenvalue weighted by Crippen LogP contribution is 2.16. The van der Waals surface area contributed by atoms with E-state index in [1.54, 1.807) is 27.7 Å². The van der Waals surface area contributed by atoms with E-state index in [9.17, 15) is 19.2 Å². The minimum atomic E-state index is -1.29. The average molecular weight is 413 g/mol. The van der Waals surface area contributed by atoms with Crippen LogP contribution in [0.2, 0.25) is 0 Å². The Morgan fingerprint density at radius 2 is 1.59 bits per heavy atom. The van der Waals surface area contributed by atoms with Crippen molar-refractivity contribution >= 4 is 23.6 Å². The Kier molecular flexibility index (Phi) is 9.50. The largest absolute Gasteiger partial charge is 0.467 e. The molecule has 0 rings (SSSR count). The van der Waals surface area contributed by atoms with E-state index in [1.165, 1.54) is 21.0 Å². The van der Waals surface area contributed by atoms with Crippen LogP contribution in [-0.2, 0) is 28.7 Å². The van der Waals surface area contributed by atoms with Gasteiger partial charge in [0.15, 0.2) is 11.3 Å². The second-order valence-corrected chi connectivity index (χ2v) is 8.61. The fraction of sp³-hybridized carbons (Fsp3) is 0.700. The third kappa shape index (κ3) is 8.62. The van der Waals surface area contributed by atoms with Crippen LogP contribution in [0, 0.1) is 18.3 Å². The number of ketones is 1. The Morgan fingerprint density at radius 3 is 2.03 bits per heavy atom. The third-order valence-electron chi connectivity index (χ3n) is 4.18. The number of quaternary nitrogens is 1. The van der Waals surface area contributed by atoms with Crippen molar-refractivity contribution in [2.75, 3.05) is 20.3 Å². The van der Waals surface area contributed by atoms with Gasteiger partial charge >= 0.3 is 5.97 Å². The monoisotopic (exact) mass is 412 g/mol. The summed E-state index contributed by atoms with van der Waals surface area (Å²) in [5.74, 6) is -0.600. The van der Waals surface area contributed by atoms with Gasteiger partial charge in [-0.3, -0.25) is 14.4 Å². The number of methoxy groups -OCH3 is 1. The van der Waals surface area contributed by atoms with E-state index < -0.39 is 40.3 Å². The molecule has 0 aromatic carbocycles. The van der Waals surface area contributed by atoms with Gasteiger partial charge in [-0.1, -0.05) is 5.92 Å². The number of carbonyl (C=O) groups excluding carboxylic acids is 4. The lowest BCUT2D eigenvalue weighted by Crippen LogP contribution is -2.77. The van der Waals surface area contributed by atoms with Crippen LogP contribution in [0.15, 0.2) is 0 Å². The Morgan fingerprint density at radius 1 is 1.03 bits per heavy atom. The Labute approximate surface area is 172 Å². The molecule has 9 heteroatoms. The number of ether oxygens (including phenoxy) is 2. The molecule has 0 spiro atoms. The quantitative estimate of drug-likeness (QED) is 0.231. The summed E-state index contributed by atoms with van der Waals surface area (Å²) >= 11 is 0. The highest BCUT2D eigenvalue weighted by atomic mass is 16.5. The van der Waals surface area contributed by atoms with Crippen molar-refractivity contribution in [2.45, 2.75) is 64.6 Å². The molecular formula is C20H34N3O6+. The van der Waals surface area contributed by atoms with E-state index in [0.717, 1.165) is 0 Å². The Hall–Kier alpha value is -2.44. The van der Waals surface area contributed by atoms with Crippen molar-refractivity contribution in [3.05, 3.63) is 0 Å². The van der Waals surface area contributed by atoms with Gasteiger partial charge in [-0.05, 0) is 41.5 Å². The molecule has 0 bridgehead atoms. The van der Waals surface area contributed by atoms with Crippen molar-refractivity contribution in [1.29, 1.82) is 0 Å². The number of nitrogens with one attached hydrogen (secondary N) is 2. The molecule has 9 nitrogen and oxygen atoms in total. The molecule has 29 heavy (non-hydrogen) atoms. The SMILES string of the molecule is C#CCOC[C@H](CC(=O)C(C)(C)NC(=O)C(C)(C)[NH3+])C(=O)NC(C)(C)C(=O)OC. The number of carbonyl (C=O) groups is 4. The third-order valence-corrected chi connectivity index (χ3v) is 4.18. The molecule has 0 aliphatic rings. The highest BCUT2D eigenvalue weighted by Gasteiger charge is 2.39. The van der Waals surface area contributed by atoms with Crippen LogP contribution < -0.4 is 16.4 Å². The van der Waals surface area contributed by atoms with Crippen LogP contribution in [0.5, 0.6) is 0 Å². The van der Waals surface area contributed by atoms with Gasteiger partial charge in [0.2, 0.25) is 5.91 Å². The van der Waals surface area contributed by atoms with E-state index in [2.05, 4.69) is 27.0 Å². The lowest BCUT2D eigenvalue weighted by atomic mass is 9.89. The highest BCUT2D eigenvalue weighted by molar-refractivity contribution is 5.97. The standard InChI is InChI=1S/C20H33N3O6/c1-9-10-29-12-13(15(25)22-20(6,7)17(27)28-8)11-14(24)19(4,5)23-16(26)18(2,3)21/h1,13H,10-12,21H2,2-8H3,(H,22,25)(H,23,26)/p+1/t13-/m0/s1. The van der Waals surface area contributed by atoms with E-state index in [4.69, 9.17) is 11.2 Å². The second-order valence-electron chi connectivity index (χ2n) is 8.61. The van der Waals surface area contributed by atoms with Crippen LogP contribution in [0.1, 0.15) is 48.0 Å². The first kappa shape index (κ1) is 26.6. The summed E-state index contributed by atoms with van der Waals surface area (Å²) in [4.78, 5) is 49.6. The van der Waals surface area contributed by atoms with Crippen LogP contribution in [0.3, 0.4) is 0 Å². The normalized spacial score (nSPS) is 13.1. The molecule has 0 aromatic rings. The van der Waals surface area contributed by atoms with Crippen molar-refractivity contribution in [1.82, 2.24) is 10.6 Å². The summed E-state index contributed by atoms with van der Waals surface area (Å²) in [7, 11) is 1.21. The molecule has 0 aliphatic heterocycles. The van der Waals surface area contributed by atoms with E-state index in [1.807, 2.05) is 0 Å². The summed E-state index contributed by atoms with van der Waals surface area (Å²) < 4.78 is 9.93. The summed E-state index contributed by atoms with van der Waals surface area (Å²) in [5.41, 5.74) is 0.307. The zero-order valence-corrected chi connectivity index (χ0v) is 18.4. The van der Waals surface area contributed by atoms with Gasteiger partial charge in [0.1, 0.15) is 12.1 Å². The number of terminal acetylenes is 1. The maximum atomic E-state index is 12.8. The van der Waals surface area contributed by atoms with E-state index in [0.29, 0.717) is 0 Å². The van der Waals surface area contributed by atoms with Crippen molar-refractivity contribution in [3.8, 4) is 12.3 Å². The first-order chi connectivity index (χ1) is 13.1. The van der Waals surface area contributed by atoms with Gasteiger partial charge in [0.05, 0.1) is 25.2 Å². The van der Waals surface area contributed by atoms with Gasteiger partial charge in [0.25, 0.3) is 5.91 Å². The smallest absolute Gasteiger partial charge is 0.330 e. The molecule has 0 aromatic heterocycles. The van der Waals surface area contributed by atoms with Gasteiger partial charge in [0, 0.05) is 6.42 Å². The molecule has 5 N–H and O–H groups in total. The van der Waals surface area contributed by atoms with Gasteiger partial charge in [-0.25, -0.2) is 4.79 Å². The predicted octanol–water partition coefficient (Wildman–Crippen LogP) is -0.805. The Balaban J connectivity index is 5.38. The number of amides is 2. The fourth-order valence-corrected chi connectivity index (χ4v) is 2.21. The molecule has 0 saturated carbocycles. The molecule has 0 fully saturated rings. The summed E-state index contributed by atoms with van der Waals surface area (Å²) in [5, 5.41) is 5.21. The molecule has 0 radical (unpaired) electrons. The lowest BCUT2D eigenvalue weighted by Gasteiger charge is -2.30. The predicted molar refractivity (Wildman–Crippen MR) is 106 cm³/mol. The zero-order chi connectivity index (χ0) is 23.0. The van der Waals surface area contributed by atoms with Crippen LogP contribution >= 0.6 is 0 Å². The number of Topliss-reactive ketones (excluding diaryl/α,β-unsaturated/α-hetero) is 1. The van der Waals surface area contributed by atoms with Crippen LogP contribution in [0.25, 0.3) is 0 Å². The minimum Gasteiger partial charge on any atom is -0.467 e. The summed E-state index contributed by atoms with van der Waals surface area (Å²) in [6.07, 6.45) is 4.94. The van der Waals surface area contributed by atoms with E-state index >= 15 is 0 Å². The molecule has 2 amide bonds. The number of hydrogen-bond donors (Lipinski definition) is 3. The average Bonchev–Trinajstić information content (AvgIpc) is 2.58. The number of esters is 1. The first-order valence-electron chi connectivity index (χ1n) is 9.21. The molecule has 0 heterocycles. The second kappa shape index (κ2) is 10.4. The maximum absolute atomic E-state index is 12.8. The maximum Gasteiger partial charge on any atom is 0.330 e. The molecule has 1 atom stereocenters. The van der Waals surface area contributed by atoms with Crippen molar-refractivity contribution < 1.29 is 34.4 Å². The van der Waals surface area contributed by atoms with Gasteiger partial charge < -0.3 is 25.8 Å². The Bertz CT molecular complexity index is 671. The minimum absolute atomic E-state index is 0.0335. The molecule has 0 saturated heterocycles. The molecule has 164 valence electrons. The van der Waals surface area contributed by atoms with Crippen LogP contribution in [0.4, 0.5) is 0 Å². The van der Waals surface area contributed by atoms with Gasteiger partial charge in [-0.2, -0.15) is 0 Å². The summed E-state index contributed by atoms with van der Waals surface area (Å²) in [6, 6.07) is 0. The molecule has 0 unspecified atom stereocenters. The van der Waals surface area contributed by atoms with Crippen molar-refractivity contribution in [2.24, 2.45) is 5.92 Å². The van der Waals surface area contributed by atoms with Crippen molar-refractivity contribution in [3.63, 3.8) is 0 Å². The first-order valence-corrected chi connectivity index (χ1v) is 9.21. The van der Waals surface area contributed by atoms with Gasteiger partial charge in [-0.15, -0.1) is 6.42 Å². The molecular weight excluding hydrogens is 378 g/mol. The van der Waals surface area contributed by atoms with E-state index in [-0.39, 0.29) is 25.4 Å². The number of rotatable bonds is 11. The number of hydrogen-bond acceptors (Lipinski definition) is 6. The lowest BCUT2D eigenvalue weighted by molar-refractivity contribution is -0.446.